The van der Waals surface area contributed by atoms with Crippen molar-refractivity contribution in [2.24, 2.45) is 0 Å². The fourth-order valence-electron chi connectivity index (χ4n) is 2.43. The zero-order valence-corrected chi connectivity index (χ0v) is 10.9. The number of ether oxygens (including phenoxy) is 1. The van der Waals surface area contributed by atoms with E-state index >= 15 is 0 Å². The largest absolute Gasteiger partial charge is 0.465 e. The molecule has 0 saturated carbocycles. The van der Waals surface area contributed by atoms with Crippen LogP contribution >= 0.6 is 0 Å². The number of piperidine rings is 1. The quantitative estimate of drug-likeness (QED) is 0.740. The first-order valence-corrected chi connectivity index (χ1v) is 6.67. The van der Waals surface area contributed by atoms with Crippen LogP contribution in [0.1, 0.15) is 26.2 Å². The van der Waals surface area contributed by atoms with Gasteiger partial charge in [-0.25, -0.2) is 4.98 Å². The maximum Gasteiger partial charge on any atom is 0.323 e. The van der Waals surface area contributed by atoms with E-state index in [9.17, 15) is 4.79 Å². The van der Waals surface area contributed by atoms with Crippen LogP contribution in [0.15, 0.2) is 18.7 Å². The van der Waals surface area contributed by atoms with E-state index < -0.39 is 0 Å². The van der Waals surface area contributed by atoms with E-state index in [1.54, 1.807) is 6.20 Å². The molecular formula is C13H21N3O2. The van der Waals surface area contributed by atoms with Gasteiger partial charge in [0.05, 0.1) is 12.9 Å². The summed E-state index contributed by atoms with van der Waals surface area (Å²) in [6.45, 7) is 5.05. The van der Waals surface area contributed by atoms with Crippen LogP contribution in [0.5, 0.6) is 0 Å². The van der Waals surface area contributed by atoms with E-state index in [2.05, 4.69) is 9.88 Å². The SMILES string of the molecule is CCOC(=O)C1CCCCN1CCn1ccnc1. The number of carbonyl (C=O) groups is 1. The zero-order valence-electron chi connectivity index (χ0n) is 10.9. The molecule has 1 unspecified atom stereocenters. The molecule has 1 saturated heterocycles. The molecule has 18 heavy (non-hydrogen) atoms. The fourth-order valence-corrected chi connectivity index (χ4v) is 2.43. The van der Waals surface area contributed by atoms with Crippen LogP contribution in [0.4, 0.5) is 0 Å². The Balaban J connectivity index is 1.89. The van der Waals surface area contributed by atoms with Crippen molar-refractivity contribution in [2.45, 2.75) is 38.8 Å². The number of carbonyl (C=O) groups excluding carboxylic acids is 1. The van der Waals surface area contributed by atoms with Crippen molar-refractivity contribution in [3.8, 4) is 0 Å². The summed E-state index contributed by atoms with van der Waals surface area (Å²) in [6, 6.07) is -0.0535. The molecule has 0 amide bonds. The molecule has 1 fully saturated rings. The molecule has 1 atom stereocenters. The van der Waals surface area contributed by atoms with Gasteiger partial charge >= 0.3 is 5.97 Å². The van der Waals surface area contributed by atoms with E-state index in [0.717, 1.165) is 32.5 Å². The molecule has 0 aromatic carbocycles. The Kier molecular flexibility index (Phi) is 4.75. The van der Waals surface area contributed by atoms with E-state index in [4.69, 9.17) is 4.74 Å². The molecule has 0 N–H and O–H groups in total. The third kappa shape index (κ3) is 3.32. The monoisotopic (exact) mass is 251 g/mol. The number of hydrogen-bond donors (Lipinski definition) is 0. The van der Waals surface area contributed by atoms with Gasteiger partial charge in [0.25, 0.3) is 0 Å². The lowest BCUT2D eigenvalue weighted by atomic mass is 10.0. The second kappa shape index (κ2) is 6.54. The normalized spacial score (nSPS) is 20.8. The van der Waals surface area contributed by atoms with Gasteiger partial charge < -0.3 is 9.30 Å². The van der Waals surface area contributed by atoms with Gasteiger partial charge in [-0.3, -0.25) is 9.69 Å². The molecule has 2 heterocycles. The van der Waals surface area contributed by atoms with E-state index in [1.165, 1.54) is 6.42 Å². The summed E-state index contributed by atoms with van der Waals surface area (Å²) < 4.78 is 7.19. The summed E-state index contributed by atoms with van der Waals surface area (Å²) in [7, 11) is 0. The van der Waals surface area contributed by atoms with Gasteiger partial charge in [0.2, 0.25) is 0 Å². The summed E-state index contributed by atoms with van der Waals surface area (Å²) in [5.74, 6) is -0.0668. The van der Waals surface area contributed by atoms with Crippen molar-refractivity contribution in [3.05, 3.63) is 18.7 Å². The molecule has 1 aromatic rings. The standard InChI is InChI=1S/C13H21N3O2/c1-2-18-13(17)12-5-3-4-7-16(12)10-9-15-8-6-14-11-15/h6,8,11-12H,2-5,7,9-10H2,1H3. The van der Waals surface area contributed by atoms with Crippen molar-refractivity contribution < 1.29 is 9.53 Å². The van der Waals surface area contributed by atoms with Crippen LogP contribution < -0.4 is 0 Å². The Morgan fingerprint density at radius 1 is 1.44 bits per heavy atom. The summed E-state index contributed by atoms with van der Waals surface area (Å²) in [5, 5.41) is 0. The van der Waals surface area contributed by atoms with Gasteiger partial charge in [-0.1, -0.05) is 6.42 Å². The number of aromatic nitrogens is 2. The van der Waals surface area contributed by atoms with Crippen LogP contribution in [-0.4, -0.2) is 46.2 Å². The predicted molar refractivity (Wildman–Crippen MR) is 68.1 cm³/mol. The lowest BCUT2D eigenvalue weighted by Crippen LogP contribution is -2.46. The Morgan fingerprint density at radius 2 is 2.33 bits per heavy atom. The van der Waals surface area contributed by atoms with Gasteiger partial charge in [0, 0.05) is 25.5 Å². The van der Waals surface area contributed by atoms with E-state index in [0.29, 0.717) is 6.61 Å². The van der Waals surface area contributed by atoms with Crippen molar-refractivity contribution in [3.63, 3.8) is 0 Å². The molecule has 5 heteroatoms. The number of nitrogens with zero attached hydrogens (tertiary/aromatic N) is 3. The molecule has 1 aliphatic rings. The first-order chi connectivity index (χ1) is 8.81. The van der Waals surface area contributed by atoms with Gasteiger partial charge in [0.1, 0.15) is 6.04 Å². The van der Waals surface area contributed by atoms with Crippen LogP contribution in [0.25, 0.3) is 0 Å². The highest BCUT2D eigenvalue weighted by Crippen LogP contribution is 2.18. The Morgan fingerprint density at radius 3 is 3.06 bits per heavy atom. The maximum absolute atomic E-state index is 11.9. The predicted octanol–water partition coefficient (Wildman–Crippen LogP) is 1.30. The minimum absolute atomic E-state index is 0.0535. The average molecular weight is 251 g/mol. The smallest absolute Gasteiger partial charge is 0.323 e. The van der Waals surface area contributed by atoms with Crippen LogP contribution in [0.2, 0.25) is 0 Å². The molecule has 0 spiro atoms. The molecule has 0 radical (unpaired) electrons. The van der Waals surface area contributed by atoms with Gasteiger partial charge in [-0.05, 0) is 26.3 Å². The minimum Gasteiger partial charge on any atom is -0.465 e. The topological polar surface area (TPSA) is 47.4 Å². The number of imidazole rings is 1. The summed E-state index contributed by atoms with van der Waals surface area (Å²) in [5.41, 5.74) is 0. The molecule has 0 bridgehead atoms. The first-order valence-electron chi connectivity index (χ1n) is 6.67. The molecular weight excluding hydrogens is 230 g/mol. The van der Waals surface area contributed by atoms with Crippen LogP contribution in [-0.2, 0) is 16.1 Å². The van der Waals surface area contributed by atoms with Crippen LogP contribution in [0, 0.1) is 0 Å². The fraction of sp³-hybridized carbons (Fsp3) is 0.692. The highest BCUT2D eigenvalue weighted by molar-refractivity contribution is 5.75. The Labute approximate surface area is 108 Å². The molecule has 1 aromatic heterocycles. The van der Waals surface area contributed by atoms with Gasteiger partial charge in [-0.2, -0.15) is 0 Å². The second-order valence-corrected chi connectivity index (χ2v) is 4.60. The van der Waals surface area contributed by atoms with Gasteiger partial charge in [-0.15, -0.1) is 0 Å². The zero-order chi connectivity index (χ0) is 12.8. The average Bonchev–Trinajstić information content (AvgIpc) is 2.90. The van der Waals surface area contributed by atoms with Crippen molar-refractivity contribution in [2.75, 3.05) is 19.7 Å². The Bertz CT molecular complexity index is 364. The molecule has 1 aliphatic heterocycles. The third-order valence-corrected chi connectivity index (χ3v) is 3.38. The number of esters is 1. The lowest BCUT2D eigenvalue weighted by molar-refractivity contribution is -0.150. The minimum atomic E-state index is -0.0668. The van der Waals surface area contributed by atoms with Crippen molar-refractivity contribution >= 4 is 5.97 Å². The van der Waals surface area contributed by atoms with Crippen molar-refractivity contribution in [1.29, 1.82) is 0 Å². The first kappa shape index (κ1) is 13.1. The lowest BCUT2D eigenvalue weighted by Gasteiger charge is -2.33. The third-order valence-electron chi connectivity index (χ3n) is 3.38. The van der Waals surface area contributed by atoms with Gasteiger partial charge in [0.15, 0.2) is 0 Å². The molecule has 2 rings (SSSR count). The number of rotatable bonds is 5. The number of likely N-dealkylation sites (tertiary alicyclic amines) is 1. The summed E-state index contributed by atoms with van der Waals surface area (Å²) in [4.78, 5) is 18.1. The highest BCUT2D eigenvalue weighted by atomic mass is 16.5. The summed E-state index contributed by atoms with van der Waals surface area (Å²) in [6.07, 6.45) is 8.74. The summed E-state index contributed by atoms with van der Waals surface area (Å²) >= 11 is 0. The molecule has 0 aliphatic carbocycles. The Hall–Kier alpha value is -1.36. The maximum atomic E-state index is 11.9. The molecule has 5 nitrogen and oxygen atoms in total. The van der Waals surface area contributed by atoms with E-state index in [-0.39, 0.29) is 12.0 Å². The number of hydrogen-bond acceptors (Lipinski definition) is 4. The van der Waals surface area contributed by atoms with Crippen molar-refractivity contribution in [1.82, 2.24) is 14.5 Å². The van der Waals surface area contributed by atoms with E-state index in [1.807, 2.05) is 24.0 Å². The second-order valence-electron chi connectivity index (χ2n) is 4.60. The highest BCUT2D eigenvalue weighted by Gasteiger charge is 2.29. The van der Waals surface area contributed by atoms with Crippen LogP contribution in [0.3, 0.4) is 0 Å². The molecule has 100 valence electrons.